The minimum Gasteiger partial charge on any atom is -0.263 e. The second-order valence-corrected chi connectivity index (χ2v) is 5.27. The predicted molar refractivity (Wildman–Crippen MR) is 84.3 cm³/mol. The average molecular weight is 315 g/mol. The van der Waals surface area contributed by atoms with E-state index in [9.17, 15) is 8.78 Å². The van der Waals surface area contributed by atoms with Crippen molar-refractivity contribution in [3.05, 3.63) is 60.3 Å². The van der Waals surface area contributed by atoms with E-state index >= 15 is 0 Å². The Kier molecular flexibility index (Phi) is 4.16. The van der Waals surface area contributed by atoms with E-state index in [-0.39, 0.29) is 17.7 Å². The Hall–Kier alpha value is -2.60. The third-order valence-corrected chi connectivity index (χ3v) is 3.10. The topological polar surface area (TPSA) is 38.2 Å². The number of halogens is 2. The molecule has 6 heteroatoms. The largest absolute Gasteiger partial charge is 0.263 e. The molecule has 0 unspecified atom stereocenters. The first-order valence-corrected chi connectivity index (χ1v) is 7.18. The van der Waals surface area contributed by atoms with Crippen LogP contribution in [0.1, 0.15) is 13.8 Å². The lowest BCUT2D eigenvalue weighted by molar-refractivity contribution is 0.0753. The number of anilines is 2. The number of benzene rings is 2. The number of aromatic nitrogens is 2. The van der Waals surface area contributed by atoms with Gasteiger partial charge in [-0.15, -0.1) is 0 Å². The van der Waals surface area contributed by atoms with Gasteiger partial charge in [0.25, 0.3) is 5.95 Å². The van der Waals surface area contributed by atoms with Crippen molar-refractivity contribution >= 4 is 22.5 Å². The van der Waals surface area contributed by atoms with E-state index in [1.807, 2.05) is 24.3 Å². The van der Waals surface area contributed by atoms with Crippen LogP contribution in [0.5, 0.6) is 0 Å². The number of rotatable bonds is 4. The maximum Gasteiger partial charge on any atom is 0.255 e. The van der Waals surface area contributed by atoms with Crippen LogP contribution in [0.3, 0.4) is 0 Å². The summed E-state index contributed by atoms with van der Waals surface area (Å²) in [5.74, 6) is -1.22. The smallest absolute Gasteiger partial charge is 0.255 e. The van der Waals surface area contributed by atoms with E-state index in [0.29, 0.717) is 5.52 Å². The summed E-state index contributed by atoms with van der Waals surface area (Å²) in [6.45, 7) is 3.60. The summed E-state index contributed by atoms with van der Waals surface area (Å²) in [4.78, 5) is 14.3. The molecule has 1 aromatic heterocycles. The molecule has 2 aromatic carbocycles. The van der Waals surface area contributed by atoms with Gasteiger partial charge in [0.15, 0.2) is 5.82 Å². The van der Waals surface area contributed by atoms with Crippen LogP contribution in [0.25, 0.3) is 10.9 Å². The van der Waals surface area contributed by atoms with E-state index in [2.05, 4.69) is 9.97 Å². The SMILES string of the molecule is CC(C)ON(c1ncc2ccccc2n1)c1ccc(F)cc1F. The quantitative estimate of drug-likeness (QED) is 0.669. The highest BCUT2D eigenvalue weighted by molar-refractivity contribution is 5.78. The van der Waals surface area contributed by atoms with Crippen LogP contribution in [-0.2, 0) is 4.84 Å². The van der Waals surface area contributed by atoms with Crippen molar-refractivity contribution in [2.45, 2.75) is 20.0 Å². The maximum atomic E-state index is 14.1. The molecule has 0 saturated carbocycles. The van der Waals surface area contributed by atoms with Crippen molar-refractivity contribution in [3.63, 3.8) is 0 Å². The fourth-order valence-corrected chi connectivity index (χ4v) is 2.13. The zero-order chi connectivity index (χ0) is 16.4. The van der Waals surface area contributed by atoms with Crippen molar-refractivity contribution < 1.29 is 13.6 Å². The molecule has 0 fully saturated rings. The molecule has 4 nitrogen and oxygen atoms in total. The first-order chi connectivity index (χ1) is 11.0. The Morgan fingerprint density at radius 1 is 1.09 bits per heavy atom. The normalized spacial score (nSPS) is 11.2. The third kappa shape index (κ3) is 3.27. The van der Waals surface area contributed by atoms with Crippen LogP contribution >= 0.6 is 0 Å². The third-order valence-electron chi connectivity index (χ3n) is 3.10. The number of para-hydroxylation sites is 1. The molecule has 0 radical (unpaired) electrons. The number of hydrogen-bond acceptors (Lipinski definition) is 4. The molecule has 23 heavy (non-hydrogen) atoms. The lowest BCUT2D eigenvalue weighted by Gasteiger charge is -2.24. The molecule has 0 aliphatic carbocycles. The summed E-state index contributed by atoms with van der Waals surface area (Å²) in [7, 11) is 0. The summed E-state index contributed by atoms with van der Waals surface area (Å²) < 4.78 is 27.3. The van der Waals surface area contributed by atoms with Gasteiger partial charge in [-0.3, -0.25) is 4.84 Å². The van der Waals surface area contributed by atoms with Crippen molar-refractivity contribution in [2.24, 2.45) is 0 Å². The number of hydrogen-bond donors (Lipinski definition) is 0. The maximum absolute atomic E-state index is 14.1. The summed E-state index contributed by atoms with van der Waals surface area (Å²) in [6, 6.07) is 10.7. The van der Waals surface area contributed by atoms with Gasteiger partial charge in [0, 0.05) is 17.6 Å². The predicted octanol–water partition coefficient (Wildman–Crippen LogP) is 4.39. The minimum absolute atomic E-state index is 0.0513. The zero-order valence-corrected chi connectivity index (χ0v) is 12.7. The molecule has 0 saturated heterocycles. The van der Waals surface area contributed by atoms with Crippen LogP contribution in [-0.4, -0.2) is 16.1 Å². The van der Waals surface area contributed by atoms with Gasteiger partial charge in [0.2, 0.25) is 0 Å². The van der Waals surface area contributed by atoms with Crippen molar-refractivity contribution in [2.75, 3.05) is 5.06 Å². The molecule has 0 atom stereocenters. The van der Waals surface area contributed by atoms with Gasteiger partial charge in [0.05, 0.1) is 11.6 Å². The first kappa shape index (κ1) is 15.3. The van der Waals surface area contributed by atoms with Crippen LogP contribution in [0.4, 0.5) is 20.4 Å². The van der Waals surface area contributed by atoms with Gasteiger partial charge in [-0.25, -0.2) is 18.7 Å². The number of nitrogens with zero attached hydrogens (tertiary/aromatic N) is 3. The van der Waals surface area contributed by atoms with E-state index < -0.39 is 11.6 Å². The summed E-state index contributed by atoms with van der Waals surface area (Å²) in [5, 5.41) is 2.05. The Balaban J connectivity index is 2.10. The molecule has 0 aliphatic heterocycles. The Morgan fingerprint density at radius 3 is 2.61 bits per heavy atom. The molecule has 0 N–H and O–H groups in total. The van der Waals surface area contributed by atoms with Gasteiger partial charge < -0.3 is 0 Å². The van der Waals surface area contributed by atoms with E-state index in [1.165, 1.54) is 11.1 Å². The summed E-state index contributed by atoms with van der Waals surface area (Å²) >= 11 is 0. The minimum atomic E-state index is -0.748. The van der Waals surface area contributed by atoms with Crippen LogP contribution in [0.15, 0.2) is 48.7 Å². The second-order valence-electron chi connectivity index (χ2n) is 5.27. The van der Waals surface area contributed by atoms with Gasteiger partial charge in [-0.05, 0) is 32.0 Å². The molecular formula is C17H15F2N3O. The molecule has 118 valence electrons. The Morgan fingerprint density at radius 2 is 1.87 bits per heavy atom. The average Bonchev–Trinajstić information content (AvgIpc) is 2.52. The molecule has 1 heterocycles. The molecule has 0 aliphatic rings. The van der Waals surface area contributed by atoms with Gasteiger partial charge >= 0.3 is 0 Å². The van der Waals surface area contributed by atoms with Crippen LogP contribution < -0.4 is 5.06 Å². The van der Waals surface area contributed by atoms with Gasteiger partial charge in [-0.1, -0.05) is 18.2 Å². The van der Waals surface area contributed by atoms with E-state index in [0.717, 1.165) is 17.5 Å². The van der Waals surface area contributed by atoms with E-state index in [4.69, 9.17) is 4.84 Å². The first-order valence-electron chi connectivity index (χ1n) is 7.18. The van der Waals surface area contributed by atoms with Crippen molar-refractivity contribution in [3.8, 4) is 0 Å². The monoisotopic (exact) mass is 315 g/mol. The molecule has 3 rings (SSSR count). The molecular weight excluding hydrogens is 300 g/mol. The lowest BCUT2D eigenvalue weighted by Crippen LogP contribution is -2.25. The Labute approximate surface area is 132 Å². The highest BCUT2D eigenvalue weighted by Gasteiger charge is 2.19. The van der Waals surface area contributed by atoms with Crippen molar-refractivity contribution in [1.29, 1.82) is 0 Å². The molecule has 0 spiro atoms. The molecule has 0 bridgehead atoms. The molecule has 0 amide bonds. The molecule has 3 aromatic rings. The second kappa shape index (κ2) is 6.26. The highest BCUT2D eigenvalue weighted by Crippen LogP contribution is 2.28. The van der Waals surface area contributed by atoms with Crippen LogP contribution in [0.2, 0.25) is 0 Å². The summed E-state index contributed by atoms with van der Waals surface area (Å²) in [6.07, 6.45) is 1.39. The standard InChI is InChI=1S/C17H15F2N3O/c1-11(2)23-22(16-8-7-13(18)9-14(16)19)17-20-10-12-5-3-4-6-15(12)21-17/h3-11H,1-2H3. The lowest BCUT2D eigenvalue weighted by atomic mass is 10.2. The van der Waals surface area contributed by atoms with Crippen molar-refractivity contribution in [1.82, 2.24) is 9.97 Å². The highest BCUT2D eigenvalue weighted by atomic mass is 19.1. The zero-order valence-electron chi connectivity index (χ0n) is 12.7. The van der Waals surface area contributed by atoms with Gasteiger partial charge in [-0.2, -0.15) is 5.06 Å². The van der Waals surface area contributed by atoms with Crippen LogP contribution in [0, 0.1) is 11.6 Å². The number of fused-ring (bicyclic) bond motifs is 1. The van der Waals surface area contributed by atoms with Gasteiger partial charge in [0.1, 0.15) is 11.5 Å². The Bertz CT molecular complexity index is 839. The van der Waals surface area contributed by atoms with E-state index in [1.54, 1.807) is 20.0 Å². The fraction of sp³-hybridized carbons (Fsp3) is 0.176. The summed E-state index contributed by atoms with van der Waals surface area (Å²) in [5.41, 5.74) is 0.757. The fourth-order valence-electron chi connectivity index (χ4n) is 2.13.